The van der Waals surface area contributed by atoms with Gasteiger partial charge in [-0.25, -0.2) is 4.99 Å². The fourth-order valence-electron chi connectivity index (χ4n) is 3.33. The number of benzene rings is 2. The highest BCUT2D eigenvalue weighted by Gasteiger charge is 2.22. The van der Waals surface area contributed by atoms with Gasteiger partial charge in [0.05, 0.1) is 18.8 Å². The van der Waals surface area contributed by atoms with Crippen LogP contribution in [0, 0.1) is 0 Å². The van der Waals surface area contributed by atoms with Gasteiger partial charge in [-0.05, 0) is 34.9 Å². The number of aliphatic hydroxyl groups excluding tert-OH is 1. The molecule has 2 aromatic carbocycles. The quantitative estimate of drug-likeness (QED) is 0.551. The van der Waals surface area contributed by atoms with Gasteiger partial charge < -0.3 is 21.1 Å². The third kappa shape index (κ3) is 4.40. The van der Waals surface area contributed by atoms with Crippen LogP contribution < -0.4 is 11.1 Å². The molecule has 0 aromatic heterocycles. The first kappa shape index (κ1) is 19.6. The number of aliphatic hydroxyl groups is 1. The maximum Gasteiger partial charge on any atom is 0.219 e. The van der Waals surface area contributed by atoms with Gasteiger partial charge in [-0.2, -0.15) is 0 Å². The highest BCUT2D eigenvalue weighted by atomic mass is 16.3. The monoisotopic (exact) mass is 378 g/mol. The summed E-state index contributed by atoms with van der Waals surface area (Å²) in [5.74, 6) is 0.459. The second-order valence-electron chi connectivity index (χ2n) is 6.80. The molecule has 0 fully saturated rings. The van der Waals surface area contributed by atoms with Crippen LogP contribution in [0.4, 0.5) is 5.69 Å². The van der Waals surface area contributed by atoms with Crippen LogP contribution in [0.15, 0.2) is 64.8 Å². The molecule has 6 heteroatoms. The largest absolute Gasteiger partial charge is 0.392 e. The molecule has 3 rings (SSSR count). The summed E-state index contributed by atoms with van der Waals surface area (Å²) in [5.41, 5.74) is 11.9. The summed E-state index contributed by atoms with van der Waals surface area (Å²) in [5, 5.41) is 12.5. The minimum Gasteiger partial charge on any atom is -0.392 e. The van der Waals surface area contributed by atoms with E-state index in [1.165, 1.54) is 0 Å². The van der Waals surface area contributed by atoms with Crippen molar-refractivity contribution in [2.75, 3.05) is 20.1 Å². The summed E-state index contributed by atoms with van der Waals surface area (Å²) in [6.45, 7) is 2.74. The average Bonchev–Trinajstić information content (AvgIpc) is 2.73. The maximum absolute atomic E-state index is 11.7. The Kier molecular flexibility index (Phi) is 6.11. The second-order valence-corrected chi connectivity index (χ2v) is 6.80. The lowest BCUT2D eigenvalue weighted by Gasteiger charge is -2.29. The molecule has 0 saturated carbocycles. The number of nitrogens with one attached hydrogen (secondary N) is 1. The SMILES string of the molecule is CNC1=C(C(N)=Nc2ccc(-c3cccc(CO)c3)cc2)CN(C(C)=O)CC1. The van der Waals surface area contributed by atoms with Crippen molar-refractivity contribution >= 4 is 17.4 Å². The number of hydrogen-bond donors (Lipinski definition) is 3. The summed E-state index contributed by atoms with van der Waals surface area (Å²) in [7, 11) is 1.86. The average molecular weight is 378 g/mol. The van der Waals surface area contributed by atoms with Gasteiger partial charge in [-0.15, -0.1) is 0 Å². The smallest absolute Gasteiger partial charge is 0.219 e. The normalized spacial score (nSPS) is 15.0. The lowest BCUT2D eigenvalue weighted by atomic mass is 10.0. The molecule has 1 amide bonds. The molecule has 0 atom stereocenters. The van der Waals surface area contributed by atoms with Crippen LogP contribution in [0.5, 0.6) is 0 Å². The first-order valence-corrected chi connectivity index (χ1v) is 9.32. The fraction of sp³-hybridized carbons (Fsp3) is 0.273. The molecule has 4 N–H and O–H groups in total. The predicted octanol–water partition coefficient (Wildman–Crippen LogP) is 2.56. The van der Waals surface area contributed by atoms with Gasteiger partial charge in [0.2, 0.25) is 5.91 Å². The molecule has 0 aliphatic carbocycles. The Bertz CT molecular complexity index is 916. The van der Waals surface area contributed by atoms with Crippen molar-refractivity contribution in [1.29, 1.82) is 0 Å². The van der Waals surface area contributed by atoms with E-state index in [-0.39, 0.29) is 12.5 Å². The van der Waals surface area contributed by atoms with Crippen LogP contribution in [0.1, 0.15) is 18.9 Å². The van der Waals surface area contributed by atoms with Crippen LogP contribution in [-0.2, 0) is 11.4 Å². The minimum absolute atomic E-state index is 0.0208. The van der Waals surface area contributed by atoms with E-state index in [2.05, 4.69) is 10.3 Å². The number of nitrogens with two attached hydrogens (primary N) is 1. The molecule has 0 unspecified atom stereocenters. The van der Waals surface area contributed by atoms with Gasteiger partial charge in [0, 0.05) is 38.2 Å². The Morgan fingerprint density at radius 1 is 1.21 bits per heavy atom. The number of nitrogens with zero attached hydrogens (tertiary/aromatic N) is 2. The molecule has 0 saturated heterocycles. The first-order valence-electron chi connectivity index (χ1n) is 9.32. The van der Waals surface area contributed by atoms with E-state index in [1.54, 1.807) is 11.8 Å². The third-order valence-electron chi connectivity index (χ3n) is 4.96. The minimum atomic E-state index is 0.0208. The zero-order valence-electron chi connectivity index (χ0n) is 16.3. The van der Waals surface area contributed by atoms with Crippen LogP contribution in [0.3, 0.4) is 0 Å². The van der Waals surface area contributed by atoms with E-state index in [1.807, 2.05) is 55.6 Å². The number of carbonyl (C=O) groups excluding carboxylic acids is 1. The van der Waals surface area contributed by atoms with E-state index in [4.69, 9.17) is 5.73 Å². The molecule has 2 aromatic rings. The molecule has 1 aliphatic heterocycles. The van der Waals surface area contributed by atoms with Gasteiger partial charge in [-0.3, -0.25) is 4.79 Å². The molecule has 28 heavy (non-hydrogen) atoms. The fourth-order valence-corrected chi connectivity index (χ4v) is 3.33. The summed E-state index contributed by atoms with van der Waals surface area (Å²) in [4.78, 5) is 18.1. The molecule has 146 valence electrons. The van der Waals surface area contributed by atoms with E-state index < -0.39 is 0 Å². The third-order valence-corrected chi connectivity index (χ3v) is 4.96. The number of aliphatic imine (C=N–C) groups is 1. The van der Waals surface area contributed by atoms with Crippen molar-refractivity contribution in [3.63, 3.8) is 0 Å². The van der Waals surface area contributed by atoms with Gasteiger partial charge in [0.1, 0.15) is 5.84 Å². The Labute approximate surface area is 165 Å². The molecule has 0 spiro atoms. The maximum atomic E-state index is 11.7. The topological polar surface area (TPSA) is 90.9 Å². The summed E-state index contributed by atoms with van der Waals surface area (Å²) >= 11 is 0. The van der Waals surface area contributed by atoms with Crippen molar-refractivity contribution in [1.82, 2.24) is 10.2 Å². The highest BCUT2D eigenvalue weighted by molar-refractivity contribution is 6.00. The van der Waals surface area contributed by atoms with Crippen molar-refractivity contribution in [3.05, 3.63) is 65.4 Å². The van der Waals surface area contributed by atoms with Crippen molar-refractivity contribution < 1.29 is 9.90 Å². The molecular weight excluding hydrogens is 352 g/mol. The Morgan fingerprint density at radius 3 is 2.61 bits per heavy atom. The van der Waals surface area contributed by atoms with E-state index >= 15 is 0 Å². The Hall–Kier alpha value is -3.12. The van der Waals surface area contributed by atoms with Crippen LogP contribution >= 0.6 is 0 Å². The second kappa shape index (κ2) is 8.71. The molecule has 6 nitrogen and oxygen atoms in total. The molecular formula is C22H26N4O2. The van der Waals surface area contributed by atoms with Crippen LogP contribution in [-0.4, -0.2) is 41.9 Å². The molecule has 1 heterocycles. The van der Waals surface area contributed by atoms with Crippen LogP contribution in [0.25, 0.3) is 11.1 Å². The summed E-state index contributed by atoms with van der Waals surface area (Å²) < 4.78 is 0. The zero-order chi connectivity index (χ0) is 20.1. The number of carbonyl (C=O) groups is 1. The number of amidine groups is 1. The first-order chi connectivity index (χ1) is 13.5. The molecule has 1 aliphatic rings. The number of hydrogen-bond acceptors (Lipinski definition) is 4. The summed E-state index contributed by atoms with van der Waals surface area (Å²) in [6.07, 6.45) is 0.738. The van der Waals surface area contributed by atoms with Crippen molar-refractivity contribution in [2.45, 2.75) is 20.0 Å². The standard InChI is InChI=1S/C22H26N4O2/c1-15(28)26-11-10-21(24-2)20(13-26)22(23)25-19-8-6-17(7-9-19)18-5-3-4-16(12-18)14-27/h3-9,12,24,27H,10-11,13-14H2,1-2H3,(H2,23,25). The van der Waals surface area contributed by atoms with Gasteiger partial charge in [0.15, 0.2) is 0 Å². The zero-order valence-corrected chi connectivity index (χ0v) is 16.3. The van der Waals surface area contributed by atoms with Gasteiger partial charge >= 0.3 is 0 Å². The lowest BCUT2D eigenvalue weighted by Crippen LogP contribution is -2.40. The van der Waals surface area contributed by atoms with Gasteiger partial charge in [0.25, 0.3) is 0 Å². The van der Waals surface area contributed by atoms with Crippen molar-refractivity contribution in [3.8, 4) is 11.1 Å². The van der Waals surface area contributed by atoms with E-state index in [9.17, 15) is 9.90 Å². The van der Waals surface area contributed by atoms with Crippen LogP contribution in [0.2, 0.25) is 0 Å². The number of rotatable bonds is 5. The van der Waals surface area contributed by atoms with E-state index in [0.29, 0.717) is 18.9 Å². The van der Waals surface area contributed by atoms with Crippen molar-refractivity contribution in [2.24, 2.45) is 10.7 Å². The number of amides is 1. The van der Waals surface area contributed by atoms with E-state index in [0.717, 1.165) is 40.1 Å². The highest BCUT2D eigenvalue weighted by Crippen LogP contribution is 2.24. The predicted molar refractivity (Wildman–Crippen MR) is 112 cm³/mol. The summed E-state index contributed by atoms with van der Waals surface area (Å²) in [6, 6.07) is 15.6. The molecule has 0 radical (unpaired) electrons. The van der Waals surface area contributed by atoms with Gasteiger partial charge in [-0.1, -0.05) is 30.3 Å². The molecule has 0 bridgehead atoms. The Morgan fingerprint density at radius 2 is 1.96 bits per heavy atom. The lowest BCUT2D eigenvalue weighted by molar-refractivity contribution is -0.128. The Balaban J connectivity index is 1.84.